The second-order valence-corrected chi connectivity index (χ2v) is 8.45. The summed E-state index contributed by atoms with van der Waals surface area (Å²) in [5.74, 6) is 0.359. The fourth-order valence-electron chi connectivity index (χ4n) is 3.58. The second kappa shape index (κ2) is 4.81. The van der Waals surface area contributed by atoms with Crippen LogP contribution in [-0.2, 0) is 21.2 Å². The Bertz CT molecular complexity index is 843. The highest BCUT2D eigenvalue weighted by Crippen LogP contribution is 2.33. The Morgan fingerprint density at radius 2 is 2.09 bits per heavy atom. The molecule has 0 aliphatic carbocycles. The number of fused-ring (bicyclic) bond motifs is 2. The van der Waals surface area contributed by atoms with Crippen LogP contribution < -0.4 is 0 Å². The van der Waals surface area contributed by atoms with Gasteiger partial charge >= 0.3 is 0 Å². The van der Waals surface area contributed by atoms with E-state index < -0.39 is 9.84 Å². The number of carbonyl (C=O) groups is 1. The van der Waals surface area contributed by atoms with Crippen molar-refractivity contribution in [1.29, 1.82) is 0 Å². The number of hydrogen-bond donors (Lipinski definition) is 0. The van der Waals surface area contributed by atoms with Crippen LogP contribution in [0.1, 0.15) is 6.42 Å². The fraction of sp³-hybridized carbons (Fsp3) is 0.467. The Morgan fingerprint density at radius 3 is 2.91 bits per heavy atom. The van der Waals surface area contributed by atoms with Gasteiger partial charge in [0.05, 0.1) is 28.4 Å². The molecule has 0 radical (unpaired) electrons. The van der Waals surface area contributed by atoms with E-state index in [0.717, 1.165) is 11.0 Å². The normalized spacial score (nSPS) is 26.5. The first-order valence-corrected chi connectivity index (χ1v) is 9.15. The molecule has 22 heavy (non-hydrogen) atoms. The Balaban J connectivity index is 1.52. The maximum atomic E-state index is 12.5. The Morgan fingerprint density at radius 1 is 1.27 bits per heavy atom. The number of imidazole rings is 1. The van der Waals surface area contributed by atoms with E-state index in [1.165, 1.54) is 0 Å². The molecule has 1 amide bonds. The minimum Gasteiger partial charge on any atom is -0.340 e. The van der Waals surface area contributed by atoms with Crippen molar-refractivity contribution in [3.8, 4) is 0 Å². The van der Waals surface area contributed by atoms with Crippen LogP contribution in [0.5, 0.6) is 0 Å². The van der Waals surface area contributed by atoms with E-state index in [1.54, 1.807) is 11.2 Å². The van der Waals surface area contributed by atoms with Crippen LogP contribution >= 0.6 is 0 Å². The number of nitrogens with zero attached hydrogens (tertiary/aromatic N) is 3. The number of amides is 1. The van der Waals surface area contributed by atoms with Crippen molar-refractivity contribution >= 4 is 26.8 Å². The topological polar surface area (TPSA) is 72.3 Å². The lowest BCUT2D eigenvalue weighted by atomic mass is 10.1. The molecule has 2 fully saturated rings. The molecule has 0 bridgehead atoms. The lowest BCUT2D eigenvalue weighted by Gasteiger charge is -2.17. The summed E-state index contributed by atoms with van der Waals surface area (Å²) in [7, 11) is -3.00. The van der Waals surface area contributed by atoms with E-state index in [1.807, 2.05) is 28.8 Å². The second-order valence-electron chi connectivity index (χ2n) is 6.11. The highest BCUT2D eigenvalue weighted by molar-refractivity contribution is 7.92. The Hall–Kier alpha value is -1.89. The van der Waals surface area contributed by atoms with Gasteiger partial charge in [-0.3, -0.25) is 4.79 Å². The van der Waals surface area contributed by atoms with E-state index in [-0.39, 0.29) is 29.4 Å². The lowest BCUT2D eigenvalue weighted by molar-refractivity contribution is -0.130. The van der Waals surface area contributed by atoms with Gasteiger partial charge in [-0.25, -0.2) is 13.4 Å². The molecule has 0 unspecified atom stereocenters. The van der Waals surface area contributed by atoms with Crippen molar-refractivity contribution in [1.82, 2.24) is 14.5 Å². The van der Waals surface area contributed by atoms with Crippen LogP contribution in [0, 0.1) is 5.92 Å². The van der Waals surface area contributed by atoms with Gasteiger partial charge in [-0.05, 0) is 24.5 Å². The third kappa shape index (κ3) is 2.11. The minimum absolute atomic E-state index is 0.0345. The molecule has 0 saturated carbocycles. The van der Waals surface area contributed by atoms with Crippen molar-refractivity contribution in [2.45, 2.75) is 18.2 Å². The van der Waals surface area contributed by atoms with Gasteiger partial charge in [0.15, 0.2) is 9.84 Å². The number of benzene rings is 1. The van der Waals surface area contributed by atoms with E-state index in [2.05, 4.69) is 4.98 Å². The zero-order valence-electron chi connectivity index (χ0n) is 12.1. The van der Waals surface area contributed by atoms with Crippen LogP contribution in [0.15, 0.2) is 30.6 Å². The van der Waals surface area contributed by atoms with Crippen LogP contribution in [0.25, 0.3) is 11.0 Å². The molecule has 1 aromatic heterocycles. The molecule has 0 N–H and O–H groups in total. The molecular weight excluding hydrogens is 302 g/mol. The third-order valence-electron chi connectivity index (χ3n) is 4.80. The molecule has 2 aromatic rings. The van der Waals surface area contributed by atoms with Gasteiger partial charge in [0.2, 0.25) is 5.91 Å². The highest BCUT2D eigenvalue weighted by Gasteiger charge is 2.47. The largest absolute Gasteiger partial charge is 0.340 e. The molecule has 2 atom stereocenters. The minimum atomic E-state index is -3.00. The van der Waals surface area contributed by atoms with Gasteiger partial charge in [0.25, 0.3) is 0 Å². The summed E-state index contributed by atoms with van der Waals surface area (Å²) in [6.07, 6.45) is 2.35. The number of para-hydroxylation sites is 2. The molecular formula is C15H17N3O3S. The van der Waals surface area contributed by atoms with E-state index in [4.69, 9.17) is 0 Å². The number of likely N-dealkylation sites (tertiary alicyclic amines) is 1. The molecule has 2 saturated heterocycles. The zero-order chi connectivity index (χ0) is 15.3. The maximum Gasteiger partial charge on any atom is 0.242 e. The molecule has 0 spiro atoms. The first kappa shape index (κ1) is 13.8. The molecule has 7 heteroatoms. The smallest absolute Gasteiger partial charge is 0.242 e. The molecule has 6 nitrogen and oxygen atoms in total. The fourth-order valence-corrected chi connectivity index (χ4v) is 5.73. The van der Waals surface area contributed by atoms with Crippen molar-refractivity contribution in [2.75, 3.05) is 18.8 Å². The van der Waals surface area contributed by atoms with Gasteiger partial charge < -0.3 is 9.47 Å². The average molecular weight is 319 g/mol. The first-order chi connectivity index (χ1) is 10.5. The van der Waals surface area contributed by atoms with E-state index >= 15 is 0 Å². The van der Waals surface area contributed by atoms with Gasteiger partial charge in [-0.1, -0.05) is 12.1 Å². The van der Waals surface area contributed by atoms with Crippen LogP contribution in [0.4, 0.5) is 0 Å². The van der Waals surface area contributed by atoms with Crippen LogP contribution in [0.3, 0.4) is 0 Å². The van der Waals surface area contributed by atoms with Gasteiger partial charge in [0.1, 0.15) is 6.54 Å². The van der Waals surface area contributed by atoms with Crippen LogP contribution in [-0.4, -0.2) is 52.9 Å². The summed E-state index contributed by atoms with van der Waals surface area (Å²) >= 11 is 0. The Kier molecular flexibility index (Phi) is 3.00. The Labute approximate surface area is 128 Å². The zero-order valence-corrected chi connectivity index (χ0v) is 12.9. The summed E-state index contributed by atoms with van der Waals surface area (Å²) in [6.45, 7) is 1.12. The summed E-state index contributed by atoms with van der Waals surface area (Å²) in [4.78, 5) is 18.5. The van der Waals surface area contributed by atoms with Gasteiger partial charge in [0, 0.05) is 13.1 Å². The quantitative estimate of drug-likeness (QED) is 0.816. The SMILES string of the molecule is O=C(Cn1cnc2ccccc21)N1C[C@@H]2CCS(=O)(=O)[C@@H]2C1. The highest BCUT2D eigenvalue weighted by atomic mass is 32.2. The predicted molar refractivity (Wildman–Crippen MR) is 82.0 cm³/mol. The van der Waals surface area contributed by atoms with E-state index in [9.17, 15) is 13.2 Å². The van der Waals surface area contributed by atoms with Crippen molar-refractivity contribution < 1.29 is 13.2 Å². The monoisotopic (exact) mass is 319 g/mol. The molecule has 4 rings (SSSR count). The number of aromatic nitrogens is 2. The summed E-state index contributed by atoms with van der Waals surface area (Å²) < 4.78 is 25.7. The average Bonchev–Trinajstić information content (AvgIpc) is 3.16. The number of carbonyl (C=O) groups excluding carboxylic acids is 1. The number of sulfone groups is 1. The molecule has 116 valence electrons. The van der Waals surface area contributed by atoms with Gasteiger partial charge in [-0.15, -0.1) is 0 Å². The maximum absolute atomic E-state index is 12.5. The summed E-state index contributed by atoms with van der Waals surface area (Å²) in [6, 6.07) is 7.66. The summed E-state index contributed by atoms with van der Waals surface area (Å²) in [5, 5.41) is -0.351. The molecule has 2 aliphatic heterocycles. The summed E-state index contributed by atoms with van der Waals surface area (Å²) in [5.41, 5.74) is 1.78. The molecule has 2 aliphatic rings. The van der Waals surface area contributed by atoms with Gasteiger partial charge in [-0.2, -0.15) is 0 Å². The number of rotatable bonds is 2. The molecule has 1 aromatic carbocycles. The van der Waals surface area contributed by atoms with Crippen molar-refractivity contribution in [2.24, 2.45) is 5.92 Å². The third-order valence-corrected chi connectivity index (χ3v) is 7.06. The van der Waals surface area contributed by atoms with Crippen LogP contribution in [0.2, 0.25) is 0 Å². The lowest BCUT2D eigenvalue weighted by Crippen LogP contribution is -2.34. The predicted octanol–water partition coefficient (Wildman–Crippen LogP) is 0.682. The van der Waals surface area contributed by atoms with Crippen molar-refractivity contribution in [3.63, 3.8) is 0 Å². The first-order valence-electron chi connectivity index (χ1n) is 7.44. The van der Waals surface area contributed by atoms with E-state index in [0.29, 0.717) is 19.5 Å². The van der Waals surface area contributed by atoms with Crippen molar-refractivity contribution in [3.05, 3.63) is 30.6 Å². The number of hydrogen-bond acceptors (Lipinski definition) is 4. The standard InChI is InChI=1S/C15H17N3O3S/c19-15(9-18-10-16-12-3-1-2-4-13(12)18)17-7-11-5-6-22(20,21)14(11)8-17/h1-4,10-11,14H,5-9H2/t11-,14+/m0/s1. The molecule has 3 heterocycles.